The summed E-state index contributed by atoms with van der Waals surface area (Å²) in [7, 11) is 1.57. The molecule has 1 aliphatic rings. The molecule has 1 atom stereocenters. The molecule has 0 amide bonds. The van der Waals surface area contributed by atoms with Crippen LogP contribution in [-0.4, -0.2) is 29.8 Å². The van der Waals surface area contributed by atoms with Gasteiger partial charge in [0, 0.05) is 6.54 Å². The Morgan fingerprint density at radius 1 is 1.53 bits per heavy atom. The number of ether oxygens (including phenoxy) is 1. The molecule has 5 nitrogen and oxygen atoms in total. The molecule has 0 bridgehead atoms. The summed E-state index contributed by atoms with van der Waals surface area (Å²) in [4.78, 5) is 16.9. The Morgan fingerprint density at radius 2 is 2.37 bits per heavy atom. The molecule has 19 heavy (non-hydrogen) atoms. The molecule has 1 unspecified atom stereocenters. The maximum absolute atomic E-state index is 12.6. The molecule has 0 spiro atoms. The summed E-state index contributed by atoms with van der Waals surface area (Å²) in [5.41, 5.74) is 0.487. The molecule has 1 aliphatic heterocycles. The van der Waals surface area contributed by atoms with Crippen molar-refractivity contribution >= 4 is 22.5 Å². The maximum Gasteiger partial charge on any atom is 0.262 e. The van der Waals surface area contributed by atoms with Crippen LogP contribution >= 0.6 is 11.6 Å². The van der Waals surface area contributed by atoms with Crippen molar-refractivity contribution in [3.8, 4) is 5.75 Å². The molecule has 1 fully saturated rings. The first-order valence-electron chi connectivity index (χ1n) is 6.17. The van der Waals surface area contributed by atoms with E-state index in [4.69, 9.17) is 16.3 Å². The van der Waals surface area contributed by atoms with E-state index in [9.17, 15) is 4.79 Å². The quantitative estimate of drug-likeness (QED) is 0.849. The highest BCUT2D eigenvalue weighted by Gasteiger charge is 2.21. The number of nitrogens with zero attached hydrogens (tertiary/aromatic N) is 2. The van der Waals surface area contributed by atoms with Crippen LogP contribution in [0.5, 0.6) is 5.75 Å². The Morgan fingerprint density at radius 3 is 3.05 bits per heavy atom. The third-order valence-corrected chi connectivity index (χ3v) is 3.73. The lowest BCUT2D eigenvalue weighted by atomic mass is 10.2. The molecule has 2 aromatic rings. The molecule has 1 aromatic carbocycles. The summed E-state index contributed by atoms with van der Waals surface area (Å²) in [6.45, 7) is 1.64. The second-order valence-electron chi connectivity index (χ2n) is 4.59. The lowest BCUT2D eigenvalue weighted by Gasteiger charge is -2.15. The van der Waals surface area contributed by atoms with Crippen LogP contribution in [0.1, 0.15) is 12.5 Å². The minimum absolute atomic E-state index is 0.0723. The van der Waals surface area contributed by atoms with Gasteiger partial charge in [0.15, 0.2) is 0 Å². The van der Waals surface area contributed by atoms with Crippen LogP contribution in [0.3, 0.4) is 0 Å². The standard InChI is InChI=1S/C13H14ClN3O2/c1-19-9-2-3-11-10(6-9)12(18)17(13(14)16-11)8-4-5-15-7-8/h2-3,6,8,15H,4-5,7H2,1H3. The molecular weight excluding hydrogens is 266 g/mol. The van der Waals surface area contributed by atoms with Crippen molar-refractivity contribution < 1.29 is 4.74 Å². The number of hydrogen-bond acceptors (Lipinski definition) is 4. The zero-order chi connectivity index (χ0) is 13.4. The van der Waals surface area contributed by atoms with Crippen LogP contribution in [-0.2, 0) is 0 Å². The van der Waals surface area contributed by atoms with Crippen LogP contribution in [0, 0.1) is 0 Å². The summed E-state index contributed by atoms with van der Waals surface area (Å²) in [5, 5.41) is 4.01. The summed E-state index contributed by atoms with van der Waals surface area (Å²) in [6, 6.07) is 5.30. The molecular formula is C13H14ClN3O2. The first-order valence-corrected chi connectivity index (χ1v) is 6.55. The average Bonchev–Trinajstić information content (AvgIpc) is 2.92. The molecule has 0 radical (unpaired) electrons. The molecule has 0 aliphatic carbocycles. The second kappa shape index (κ2) is 4.83. The third-order valence-electron chi connectivity index (χ3n) is 3.46. The molecule has 1 aromatic heterocycles. The van der Waals surface area contributed by atoms with Gasteiger partial charge in [-0.05, 0) is 42.8 Å². The summed E-state index contributed by atoms with van der Waals surface area (Å²) in [6.07, 6.45) is 0.886. The monoisotopic (exact) mass is 279 g/mol. The number of hydrogen-bond donors (Lipinski definition) is 1. The molecule has 6 heteroatoms. The van der Waals surface area contributed by atoms with Crippen molar-refractivity contribution in [3.63, 3.8) is 0 Å². The van der Waals surface area contributed by atoms with Gasteiger partial charge in [-0.2, -0.15) is 0 Å². The number of rotatable bonds is 2. The molecule has 0 saturated carbocycles. The number of fused-ring (bicyclic) bond motifs is 1. The second-order valence-corrected chi connectivity index (χ2v) is 4.92. The van der Waals surface area contributed by atoms with Crippen molar-refractivity contribution in [1.29, 1.82) is 0 Å². The summed E-state index contributed by atoms with van der Waals surface area (Å²) in [5.74, 6) is 0.643. The molecule has 1 saturated heterocycles. The van der Waals surface area contributed by atoms with Gasteiger partial charge in [0.05, 0.1) is 24.1 Å². The molecule has 1 N–H and O–H groups in total. The van der Waals surface area contributed by atoms with Crippen molar-refractivity contribution in [1.82, 2.24) is 14.9 Å². The first kappa shape index (κ1) is 12.4. The van der Waals surface area contributed by atoms with Gasteiger partial charge < -0.3 is 10.1 Å². The highest BCUT2D eigenvalue weighted by molar-refractivity contribution is 6.28. The van der Waals surface area contributed by atoms with E-state index in [2.05, 4.69) is 10.3 Å². The zero-order valence-electron chi connectivity index (χ0n) is 10.5. The van der Waals surface area contributed by atoms with Crippen LogP contribution in [0.25, 0.3) is 10.9 Å². The normalized spacial score (nSPS) is 18.9. The Labute approximate surface area is 115 Å². The molecule has 2 heterocycles. The Balaban J connectivity index is 2.24. The fourth-order valence-electron chi connectivity index (χ4n) is 2.45. The van der Waals surface area contributed by atoms with Crippen molar-refractivity contribution in [2.75, 3.05) is 20.2 Å². The maximum atomic E-state index is 12.6. The lowest BCUT2D eigenvalue weighted by molar-refractivity contribution is 0.415. The van der Waals surface area contributed by atoms with Gasteiger partial charge in [-0.3, -0.25) is 9.36 Å². The van der Waals surface area contributed by atoms with Crippen LogP contribution in [0.4, 0.5) is 0 Å². The fourth-order valence-corrected chi connectivity index (χ4v) is 2.76. The van der Waals surface area contributed by atoms with Gasteiger partial charge in [0.25, 0.3) is 5.56 Å². The molecule has 3 rings (SSSR count). The van der Waals surface area contributed by atoms with E-state index < -0.39 is 0 Å². The lowest BCUT2D eigenvalue weighted by Crippen LogP contribution is -2.28. The highest BCUT2D eigenvalue weighted by Crippen LogP contribution is 2.22. The van der Waals surface area contributed by atoms with Crippen LogP contribution in [0.15, 0.2) is 23.0 Å². The Bertz CT molecular complexity index is 677. The van der Waals surface area contributed by atoms with Gasteiger partial charge in [-0.15, -0.1) is 0 Å². The zero-order valence-corrected chi connectivity index (χ0v) is 11.3. The van der Waals surface area contributed by atoms with E-state index in [0.717, 1.165) is 19.5 Å². The van der Waals surface area contributed by atoms with E-state index >= 15 is 0 Å². The van der Waals surface area contributed by atoms with Crippen LogP contribution in [0.2, 0.25) is 5.28 Å². The van der Waals surface area contributed by atoms with Gasteiger partial charge in [-0.1, -0.05) is 0 Å². The van der Waals surface area contributed by atoms with Gasteiger partial charge in [0.2, 0.25) is 5.28 Å². The predicted octanol–water partition coefficient (Wildman–Crippen LogP) is 1.59. The smallest absolute Gasteiger partial charge is 0.262 e. The minimum atomic E-state index is -0.109. The summed E-state index contributed by atoms with van der Waals surface area (Å²) >= 11 is 6.16. The topological polar surface area (TPSA) is 56.1 Å². The van der Waals surface area contributed by atoms with Gasteiger partial charge in [0.1, 0.15) is 5.75 Å². The van der Waals surface area contributed by atoms with E-state index in [-0.39, 0.29) is 16.9 Å². The SMILES string of the molecule is COc1ccc2nc(Cl)n(C3CCNC3)c(=O)c2c1. The predicted molar refractivity (Wildman–Crippen MR) is 74.1 cm³/mol. The number of aromatic nitrogens is 2. The minimum Gasteiger partial charge on any atom is -0.497 e. The largest absolute Gasteiger partial charge is 0.497 e. The summed E-state index contributed by atoms with van der Waals surface area (Å²) < 4.78 is 6.72. The molecule has 100 valence electrons. The van der Waals surface area contributed by atoms with E-state index in [1.54, 1.807) is 29.9 Å². The number of nitrogens with one attached hydrogen (secondary N) is 1. The number of halogens is 1. The van der Waals surface area contributed by atoms with Crippen molar-refractivity contribution in [2.24, 2.45) is 0 Å². The first-order chi connectivity index (χ1) is 9.20. The third kappa shape index (κ3) is 2.09. The highest BCUT2D eigenvalue weighted by atomic mass is 35.5. The van der Waals surface area contributed by atoms with E-state index in [0.29, 0.717) is 16.7 Å². The fraction of sp³-hybridized carbons (Fsp3) is 0.385. The van der Waals surface area contributed by atoms with Crippen molar-refractivity contribution in [2.45, 2.75) is 12.5 Å². The van der Waals surface area contributed by atoms with E-state index in [1.165, 1.54) is 0 Å². The number of benzene rings is 1. The van der Waals surface area contributed by atoms with E-state index in [1.807, 2.05) is 0 Å². The van der Waals surface area contributed by atoms with Gasteiger partial charge >= 0.3 is 0 Å². The number of methoxy groups -OCH3 is 1. The average molecular weight is 280 g/mol. The van der Waals surface area contributed by atoms with Crippen molar-refractivity contribution in [3.05, 3.63) is 33.8 Å². The van der Waals surface area contributed by atoms with Gasteiger partial charge in [-0.25, -0.2) is 4.98 Å². The van der Waals surface area contributed by atoms with Crippen LogP contribution < -0.4 is 15.6 Å². The Kier molecular flexibility index (Phi) is 3.16. The Hall–Kier alpha value is -1.59.